The standard InChI is InChI=1S/C28H26N2O7S/c1-5-37-20-14-12-18(15-21(20)35-3)23-22(19(31)13-11-17-9-7-6-8-10-17)24(32)26(33)30(23)28-29-16(2)25(38-28)27(34)36-4/h6-15,23,32H,5H2,1-4H3/b13-11+. The van der Waals surface area contributed by atoms with Crippen molar-refractivity contribution in [1.29, 1.82) is 0 Å². The van der Waals surface area contributed by atoms with Gasteiger partial charge >= 0.3 is 5.97 Å². The molecule has 1 atom stereocenters. The number of hydrogen-bond donors (Lipinski definition) is 1. The number of methoxy groups -OCH3 is 2. The van der Waals surface area contributed by atoms with Gasteiger partial charge < -0.3 is 19.3 Å². The van der Waals surface area contributed by atoms with Crippen LogP contribution in [0.5, 0.6) is 11.5 Å². The second-order valence-corrected chi connectivity index (χ2v) is 9.17. The van der Waals surface area contributed by atoms with Gasteiger partial charge in [-0.15, -0.1) is 0 Å². The lowest BCUT2D eigenvalue weighted by atomic mass is 9.95. The predicted octanol–water partition coefficient (Wildman–Crippen LogP) is 4.83. The Hall–Kier alpha value is -4.44. The van der Waals surface area contributed by atoms with E-state index in [9.17, 15) is 19.5 Å². The van der Waals surface area contributed by atoms with E-state index in [4.69, 9.17) is 14.2 Å². The summed E-state index contributed by atoms with van der Waals surface area (Å²) >= 11 is 0.935. The molecular formula is C28H26N2O7S. The maximum atomic E-state index is 13.5. The van der Waals surface area contributed by atoms with E-state index in [1.54, 1.807) is 31.2 Å². The number of ketones is 1. The number of rotatable bonds is 9. The number of aliphatic hydroxyl groups is 1. The second-order valence-electron chi connectivity index (χ2n) is 8.19. The predicted molar refractivity (Wildman–Crippen MR) is 143 cm³/mol. The van der Waals surface area contributed by atoms with Crippen molar-refractivity contribution >= 4 is 40.2 Å². The van der Waals surface area contributed by atoms with Crippen molar-refractivity contribution in [3.63, 3.8) is 0 Å². The van der Waals surface area contributed by atoms with Gasteiger partial charge in [0, 0.05) is 0 Å². The van der Waals surface area contributed by atoms with Crippen LogP contribution in [0.1, 0.15) is 39.5 Å². The fraction of sp³-hybridized carbons (Fsp3) is 0.214. The van der Waals surface area contributed by atoms with Crippen LogP contribution in [0.15, 0.2) is 65.9 Å². The third-order valence-corrected chi connectivity index (χ3v) is 7.00. The SMILES string of the molecule is CCOc1ccc(C2C(C(=O)/C=C/c3ccccc3)=C(O)C(=O)N2c2nc(C)c(C(=O)OC)s2)cc1OC. The number of aromatic nitrogens is 1. The highest BCUT2D eigenvalue weighted by atomic mass is 32.1. The molecule has 0 saturated heterocycles. The first-order valence-electron chi connectivity index (χ1n) is 11.7. The summed E-state index contributed by atoms with van der Waals surface area (Å²) in [6.07, 6.45) is 2.91. The average Bonchev–Trinajstić information content (AvgIpc) is 3.44. The number of hydrogen-bond acceptors (Lipinski definition) is 9. The molecule has 0 bridgehead atoms. The molecule has 1 N–H and O–H groups in total. The van der Waals surface area contributed by atoms with E-state index in [-0.39, 0.29) is 15.6 Å². The molecule has 0 saturated carbocycles. The Morgan fingerprint density at radius 3 is 2.53 bits per heavy atom. The van der Waals surface area contributed by atoms with Crippen LogP contribution < -0.4 is 14.4 Å². The molecule has 2 aromatic carbocycles. The van der Waals surface area contributed by atoms with Crippen LogP contribution in [0.2, 0.25) is 0 Å². The molecule has 9 nitrogen and oxygen atoms in total. The summed E-state index contributed by atoms with van der Waals surface area (Å²) < 4.78 is 15.9. The van der Waals surface area contributed by atoms with Gasteiger partial charge in [-0.1, -0.05) is 53.8 Å². The minimum Gasteiger partial charge on any atom is -0.503 e. The molecule has 0 aliphatic carbocycles. The number of allylic oxidation sites excluding steroid dienone is 1. The van der Waals surface area contributed by atoms with Crippen molar-refractivity contribution < 1.29 is 33.7 Å². The van der Waals surface area contributed by atoms with Crippen LogP contribution in [0.25, 0.3) is 6.08 Å². The molecule has 1 aliphatic heterocycles. The number of ether oxygens (including phenoxy) is 3. The first kappa shape index (κ1) is 26.6. The van der Waals surface area contributed by atoms with E-state index < -0.39 is 29.5 Å². The topological polar surface area (TPSA) is 115 Å². The summed E-state index contributed by atoms with van der Waals surface area (Å²) in [4.78, 5) is 44.9. The molecule has 38 heavy (non-hydrogen) atoms. The number of benzene rings is 2. The molecule has 196 valence electrons. The van der Waals surface area contributed by atoms with E-state index in [2.05, 4.69) is 4.98 Å². The Bertz CT molecular complexity index is 1440. The lowest BCUT2D eigenvalue weighted by Gasteiger charge is -2.25. The van der Waals surface area contributed by atoms with Crippen molar-refractivity contribution in [3.8, 4) is 11.5 Å². The molecule has 1 amide bonds. The zero-order valence-electron chi connectivity index (χ0n) is 21.3. The highest BCUT2D eigenvalue weighted by Crippen LogP contribution is 2.45. The van der Waals surface area contributed by atoms with E-state index in [1.807, 2.05) is 37.3 Å². The Morgan fingerprint density at radius 1 is 1.13 bits per heavy atom. The summed E-state index contributed by atoms with van der Waals surface area (Å²) in [6, 6.07) is 13.1. The number of anilines is 1. The van der Waals surface area contributed by atoms with Gasteiger partial charge in [-0.25, -0.2) is 9.78 Å². The monoisotopic (exact) mass is 534 g/mol. The fourth-order valence-electron chi connectivity index (χ4n) is 4.09. The quantitative estimate of drug-likeness (QED) is 0.307. The van der Waals surface area contributed by atoms with Gasteiger partial charge in [0.15, 0.2) is 28.2 Å². The van der Waals surface area contributed by atoms with Crippen LogP contribution in [-0.4, -0.2) is 48.6 Å². The molecule has 0 spiro atoms. The number of aliphatic hydroxyl groups excluding tert-OH is 1. The molecule has 0 fully saturated rings. The highest BCUT2D eigenvalue weighted by molar-refractivity contribution is 7.17. The number of nitrogens with zero attached hydrogens (tertiary/aromatic N) is 2. The van der Waals surface area contributed by atoms with Crippen LogP contribution in [0.3, 0.4) is 0 Å². The number of carbonyl (C=O) groups excluding carboxylic acids is 3. The van der Waals surface area contributed by atoms with Gasteiger partial charge in [0.05, 0.1) is 38.1 Å². The van der Waals surface area contributed by atoms with E-state index in [0.717, 1.165) is 16.9 Å². The zero-order chi connectivity index (χ0) is 27.4. The lowest BCUT2D eigenvalue weighted by Crippen LogP contribution is -2.30. The molecule has 3 aromatic rings. The van der Waals surface area contributed by atoms with Crippen molar-refractivity contribution in [2.24, 2.45) is 0 Å². The Labute approximate surface area is 223 Å². The van der Waals surface area contributed by atoms with Gasteiger partial charge in [-0.2, -0.15) is 0 Å². The summed E-state index contributed by atoms with van der Waals surface area (Å²) in [5, 5.41) is 11.1. The van der Waals surface area contributed by atoms with Gasteiger partial charge in [0.1, 0.15) is 4.88 Å². The van der Waals surface area contributed by atoms with Gasteiger partial charge in [-0.3, -0.25) is 14.5 Å². The minimum absolute atomic E-state index is 0.124. The van der Waals surface area contributed by atoms with Crippen LogP contribution in [-0.2, 0) is 14.3 Å². The maximum absolute atomic E-state index is 13.5. The van der Waals surface area contributed by atoms with E-state index in [1.165, 1.54) is 25.2 Å². The molecule has 1 unspecified atom stereocenters. The van der Waals surface area contributed by atoms with Crippen LogP contribution >= 0.6 is 11.3 Å². The number of aryl methyl sites for hydroxylation is 1. The number of carbonyl (C=O) groups is 3. The summed E-state index contributed by atoms with van der Waals surface area (Å²) in [5.74, 6) is -1.79. The van der Waals surface area contributed by atoms with Gasteiger partial charge in [0.2, 0.25) is 0 Å². The van der Waals surface area contributed by atoms with Crippen LogP contribution in [0, 0.1) is 6.92 Å². The summed E-state index contributed by atoms with van der Waals surface area (Å²) in [5.41, 5.74) is 1.49. The first-order valence-corrected chi connectivity index (χ1v) is 12.5. The zero-order valence-corrected chi connectivity index (χ0v) is 22.1. The van der Waals surface area contributed by atoms with Crippen molar-refractivity contribution in [2.45, 2.75) is 19.9 Å². The lowest BCUT2D eigenvalue weighted by molar-refractivity contribution is -0.117. The van der Waals surface area contributed by atoms with E-state index in [0.29, 0.717) is 29.4 Å². The summed E-state index contributed by atoms with van der Waals surface area (Å²) in [6.45, 7) is 3.86. The molecule has 2 heterocycles. The Kier molecular flexibility index (Phi) is 7.92. The number of esters is 1. The van der Waals surface area contributed by atoms with Crippen LogP contribution in [0.4, 0.5) is 5.13 Å². The largest absolute Gasteiger partial charge is 0.503 e. The molecule has 1 aliphatic rings. The number of thiazole rings is 1. The van der Waals surface area contributed by atoms with Gasteiger partial charge in [-0.05, 0) is 43.2 Å². The molecular weight excluding hydrogens is 508 g/mol. The first-order chi connectivity index (χ1) is 18.3. The Morgan fingerprint density at radius 2 is 1.87 bits per heavy atom. The van der Waals surface area contributed by atoms with Gasteiger partial charge in [0.25, 0.3) is 5.91 Å². The fourth-order valence-corrected chi connectivity index (χ4v) is 5.10. The average molecular weight is 535 g/mol. The smallest absolute Gasteiger partial charge is 0.350 e. The molecule has 0 radical (unpaired) electrons. The number of amides is 1. The molecule has 10 heteroatoms. The molecule has 1 aromatic heterocycles. The third kappa shape index (κ3) is 5.03. The minimum atomic E-state index is -1.05. The molecule has 4 rings (SSSR count). The third-order valence-electron chi connectivity index (χ3n) is 5.87. The normalized spacial score (nSPS) is 15.3. The van der Waals surface area contributed by atoms with Crippen molar-refractivity contribution in [1.82, 2.24) is 4.98 Å². The van der Waals surface area contributed by atoms with E-state index >= 15 is 0 Å². The Balaban J connectivity index is 1.84. The summed E-state index contributed by atoms with van der Waals surface area (Å²) in [7, 11) is 2.73. The van der Waals surface area contributed by atoms with Crippen molar-refractivity contribution in [2.75, 3.05) is 25.7 Å². The van der Waals surface area contributed by atoms with Crippen molar-refractivity contribution in [3.05, 3.63) is 87.6 Å². The maximum Gasteiger partial charge on any atom is 0.350 e. The second kappa shape index (κ2) is 11.3. The highest BCUT2D eigenvalue weighted by Gasteiger charge is 2.45.